The molecule has 1 saturated carbocycles. The molecule has 2 aliphatic carbocycles. The van der Waals surface area contributed by atoms with E-state index in [1.54, 1.807) is 24.3 Å². The number of aryl methyl sites for hydroxylation is 1. The maximum absolute atomic E-state index is 13.1. The molecule has 2 aromatic carbocycles. The predicted octanol–water partition coefficient (Wildman–Crippen LogP) is 4.92. The summed E-state index contributed by atoms with van der Waals surface area (Å²) in [7, 11) is 0. The van der Waals surface area contributed by atoms with Crippen LogP contribution in [0.25, 0.3) is 0 Å². The first kappa shape index (κ1) is 20.0. The predicted molar refractivity (Wildman–Crippen MR) is 115 cm³/mol. The van der Waals surface area contributed by atoms with Gasteiger partial charge >= 0.3 is 0 Å². The average molecular weight is 411 g/mol. The lowest BCUT2D eigenvalue weighted by Crippen LogP contribution is -2.38. The second kappa shape index (κ2) is 9.00. The molecule has 0 aliphatic heterocycles. The van der Waals surface area contributed by atoms with Gasteiger partial charge in [-0.3, -0.25) is 9.59 Å². The molecule has 4 rings (SSSR count). The molecule has 4 nitrogen and oxygen atoms in total. The third kappa shape index (κ3) is 4.81. The molecule has 0 bridgehead atoms. The standard InChI is InChI=1S/C24H27ClN2O2/c25-19-12-10-18(11-13-19)24(29)26-16-4-9-23(28)27(20-14-15-20)22-8-3-6-17-5-1-2-7-21(17)22/h1-2,5,7,10-13,20,22H,3-4,6,8-9,14-16H2,(H,26,29). The highest BCUT2D eigenvalue weighted by Crippen LogP contribution is 2.41. The van der Waals surface area contributed by atoms with Crippen molar-refractivity contribution >= 4 is 23.4 Å². The first-order valence-corrected chi connectivity index (χ1v) is 10.9. The minimum Gasteiger partial charge on any atom is -0.352 e. The van der Waals surface area contributed by atoms with E-state index in [0.717, 1.165) is 32.1 Å². The summed E-state index contributed by atoms with van der Waals surface area (Å²) >= 11 is 5.86. The Labute approximate surface area is 177 Å². The van der Waals surface area contributed by atoms with Crippen molar-refractivity contribution in [2.45, 2.75) is 57.0 Å². The second-order valence-corrected chi connectivity index (χ2v) is 8.44. The van der Waals surface area contributed by atoms with Crippen LogP contribution in [-0.4, -0.2) is 29.3 Å². The van der Waals surface area contributed by atoms with Crippen LogP contribution in [0.2, 0.25) is 5.02 Å². The molecule has 1 N–H and O–H groups in total. The summed E-state index contributed by atoms with van der Waals surface area (Å²) in [5.41, 5.74) is 3.30. The van der Waals surface area contributed by atoms with Gasteiger partial charge in [-0.15, -0.1) is 0 Å². The molecule has 0 aromatic heterocycles. The number of nitrogens with zero attached hydrogens (tertiary/aromatic N) is 1. The number of benzene rings is 2. The third-order valence-corrected chi connectivity index (χ3v) is 6.11. The van der Waals surface area contributed by atoms with Gasteiger partial charge in [0.05, 0.1) is 6.04 Å². The van der Waals surface area contributed by atoms with Crippen molar-refractivity contribution in [1.29, 1.82) is 0 Å². The molecule has 152 valence electrons. The number of rotatable bonds is 7. The number of halogens is 1. The van der Waals surface area contributed by atoms with Crippen LogP contribution in [-0.2, 0) is 11.2 Å². The van der Waals surface area contributed by atoms with E-state index in [9.17, 15) is 9.59 Å². The smallest absolute Gasteiger partial charge is 0.251 e. The molecule has 0 spiro atoms. The molecular formula is C24H27ClN2O2. The summed E-state index contributed by atoms with van der Waals surface area (Å²) in [6, 6.07) is 16.0. The van der Waals surface area contributed by atoms with E-state index in [-0.39, 0.29) is 17.9 Å². The largest absolute Gasteiger partial charge is 0.352 e. The van der Waals surface area contributed by atoms with E-state index < -0.39 is 0 Å². The van der Waals surface area contributed by atoms with E-state index >= 15 is 0 Å². The van der Waals surface area contributed by atoms with Gasteiger partial charge in [0, 0.05) is 29.6 Å². The van der Waals surface area contributed by atoms with Crippen molar-refractivity contribution in [3.63, 3.8) is 0 Å². The number of nitrogens with one attached hydrogen (secondary N) is 1. The van der Waals surface area contributed by atoms with Crippen LogP contribution >= 0.6 is 11.6 Å². The molecule has 29 heavy (non-hydrogen) atoms. The van der Waals surface area contributed by atoms with Crippen LogP contribution in [0.5, 0.6) is 0 Å². The first-order valence-electron chi connectivity index (χ1n) is 10.6. The van der Waals surface area contributed by atoms with E-state index in [0.29, 0.717) is 36.0 Å². The highest BCUT2D eigenvalue weighted by molar-refractivity contribution is 6.30. The Morgan fingerprint density at radius 3 is 2.55 bits per heavy atom. The van der Waals surface area contributed by atoms with Gasteiger partial charge in [0.1, 0.15) is 0 Å². The minimum atomic E-state index is -0.130. The molecule has 0 heterocycles. The number of carbonyl (C=O) groups is 2. The highest BCUT2D eigenvalue weighted by atomic mass is 35.5. The molecule has 5 heteroatoms. The molecule has 2 aromatic rings. The molecule has 2 aliphatic rings. The number of carbonyl (C=O) groups excluding carboxylic acids is 2. The molecule has 2 amide bonds. The van der Waals surface area contributed by atoms with Gasteiger partial charge in [0.2, 0.25) is 5.91 Å². The lowest BCUT2D eigenvalue weighted by molar-refractivity contribution is -0.134. The van der Waals surface area contributed by atoms with Crippen molar-refractivity contribution in [2.24, 2.45) is 0 Å². The van der Waals surface area contributed by atoms with Gasteiger partial charge < -0.3 is 10.2 Å². The van der Waals surface area contributed by atoms with Crippen LogP contribution in [0, 0.1) is 0 Å². The van der Waals surface area contributed by atoms with E-state index in [1.165, 1.54) is 11.1 Å². The van der Waals surface area contributed by atoms with Gasteiger partial charge in [-0.1, -0.05) is 35.9 Å². The lowest BCUT2D eigenvalue weighted by atomic mass is 9.86. The molecular weight excluding hydrogens is 384 g/mol. The fraction of sp³-hybridized carbons (Fsp3) is 0.417. The Morgan fingerprint density at radius 2 is 1.79 bits per heavy atom. The van der Waals surface area contributed by atoms with Crippen LogP contribution in [0.3, 0.4) is 0 Å². The fourth-order valence-corrected chi connectivity index (χ4v) is 4.40. The maximum Gasteiger partial charge on any atom is 0.251 e. The first-order chi connectivity index (χ1) is 14.1. The monoisotopic (exact) mass is 410 g/mol. The Balaban J connectivity index is 1.32. The van der Waals surface area contributed by atoms with Gasteiger partial charge in [-0.25, -0.2) is 0 Å². The topological polar surface area (TPSA) is 49.4 Å². The number of fused-ring (bicyclic) bond motifs is 1. The van der Waals surface area contributed by atoms with E-state index in [4.69, 9.17) is 11.6 Å². The number of amides is 2. The highest BCUT2D eigenvalue weighted by Gasteiger charge is 2.38. The average Bonchev–Trinajstić information content (AvgIpc) is 3.57. The normalized spacial score (nSPS) is 18.0. The van der Waals surface area contributed by atoms with Crippen molar-refractivity contribution < 1.29 is 9.59 Å². The van der Waals surface area contributed by atoms with Crippen LogP contribution < -0.4 is 5.32 Å². The SMILES string of the molecule is O=C(NCCCC(=O)N(C1CC1)C1CCCc2ccccc21)c1ccc(Cl)cc1. The molecule has 1 atom stereocenters. The maximum atomic E-state index is 13.1. The molecule has 1 unspecified atom stereocenters. The summed E-state index contributed by atoms with van der Waals surface area (Å²) in [5, 5.41) is 3.51. The lowest BCUT2D eigenvalue weighted by Gasteiger charge is -2.36. The Bertz CT molecular complexity index is 877. The minimum absolute atomic E-state index is 0.130. The fourth-order valence-electron chi connectivity index (χ4n) is 4.28. The van der Waals surface area contributed by atoms with Crippen LogP contribution in [0.15, 0.2) is 48.5 Å². The van der Waals surface area contributed by atoms with E-state index in [1.807, 2.05) is 0 Å². The zero-order valence-corrected chi connectivity index (χ0v) is 17.3. The summed E-state index contributed by atoms with van der Waals surface area (Å²) in [6.45, 7) is 0.493. The molecule has 0 saturated heterocycles. The van der Waals surface area contributed by atoms with Gasteiger partial charge in [-0.2, -0.15) is 0 Å². The third-order valence-electron chi connectivity index (χ3n) is 5.86. The summed E-state index contributed by atoms with van der Waals surface area (Å²) in [6.07, 6.45) is 6.62. The van der Waals surface area contributed by atoms with Crippen molar-refractivity contribution in [1.82, 2.24) is 10.2 Å². The number of hydrogen-bond acceptors (Lipinski definition) is 2. The zero-order chi connectivity index (χ0) is 20.2. The number of hydrogen-bond donors (Lipinski definition) is 1. The molecule has 0 radical (unpaired) electrons. The Kier molecular flexibility index (Phi) is 6.19. The Hall–Kier alpha value is -2.33. The summed E-state index contributed by atoms with van der Waals surface area (Å²) in [4.78, 5) is 27.4. The van der Waals surface area contributed by atoms with Crippen LogP contribution in [0.4, 0.5) is 0 Å². The molecule has 1 fully saturated rings. The summed E-state index contributed by atoms with van der Waals surface area (Å²) < 4.78 is 0. The van der Waals surface area contributed by atoms with Gasteiger partial charge in [-0.05, 0) is 73.9 Å². The van der Waals surface area contributed by atoms with Gasteiger partial charge in [0.25, 0.3) is 5.91 Å². The quantitative estimate of drug-likeness (QED) is 0.658. The second-order valence-electron chi connectivity index (χ2n) is 8.01. The van der Waals surface area contributed by atoms with Gasteiger partial charge in [0.15, 0.2) is 0 Å². The summed E-state index contributed by atoms with van der Waals surface area (Å²) in [5.74, 6) is 0.0873. The van der Waals surface area contributed by atoms with Crippen LogP contribution in [0.1, 0.15) is 66.1 Å². The van der Waals surface area contributed by atoms with Crippen molar-refractivity contribution in [3.05, 3.63) is 70.2 Å². The Morgan fingerprint density at radius 1 is 1.03 bits per heavy atom. The van der Waals surface area contributed by atoms with Crippen molar-refractivity contribution in [3.8, 4) is 0 Å². The van der Waals surface area contributed by atoms with E-state index in [2.05, 4.69) is 34.5 Å². The zero-order valence-electron chi connectivity index (χ0n) is 16.6. The van der Waals surface area contributed by atoms with Crippen molar-refractivity contribution in [2.75, 3.05) is 6.54 Å².